The van der Waals surface area contributed by atoms with Crippen molar-refractivity contribution in [2.75, 3.05) is 83.3 Å². The summed E-state index contributed by atoms with van der Waals surface area (Å²) >= 11 is 0. The van der Waals surface area contributed by atoms with Crippen molar-refractivity contribution in [3.8, 4) is 23.0 Å². The summed E-state index contributed by atoms with van der Waals surface area (Å²) in [7, 11) is -0.940. The van der Waals surface area contributed by atoms with Crippen LogP contribution in [0.3, 0.4) is 0 Å². The van der Waals surface area contributed by atoms with Gasteiger partial charge < -0.3 is 33.5 Å². The van der Waals surface area contributed by atoms with Gasteiger partial charge in [-0.25, -0.2) is 42.9 Å². The summed E-state index contributed by atoms with van der Waals surface area (Å²) < 4.78 is 77.8. The molecule has 0 saturated carbocycles. The zero-order valence-corrected chi connectivity index (χ0v) is 37.6. The number of aromatic nitrogens is 4. The molecule has 0 radical (unpaired) electrons. The summed E-state index contributed by atoms with van der Waals surface area (Å²) in [6, 6.07) is 7.50. The predicted molar refractivity (Wildman–Crippen MR) is 233 cm³/mol. The molecule has 2 saturated heterocycles. The van der Waals surface area contributed by atoms with Crippen molar-refractivity contribution >= 4 is 59.6 Å². The first-order valence-electron chi connectivity index (χ1n) is 20.1. The van der Waals surface area contributed by atoms with Crippen LogP contribution in [-0.2, 0) is 29.8 Å². The van der Waals surface area contributed by atoms with Crippen LogP contribution < -0.4 is 43.3 Å². The van der Waals surface area contributed by atoms with E-state index in [1.54, 1.807) is 61.9 Å². The van der Waals surface area contributed by atoms with E-state index in [0.717, 1.165) is 91.7 Å². The minimum Gasteiger partial charge on any atom is -0.493 e. The predicted octanol–water partition coefficient (Wildman–Crippen LogP) is 3.56. The molecule has 2 aromatic carbocycles. The lowest BCUT2D eigenvalue weighted by molar-refractivity contribution is -0.151. The standard InChI is InChI=1S/C23H34N4O6S.C17H25N5O4S/c1-23(2,3)33-21(28)14-34(29,30)26-9-6-16-7-10-27(11-8-16)22-17-12-19(31-4)20(32-5)13-18(17)24-15-25-22;1-25-15-9-13-14(10-16(15)26-2)19-11-20-17(13)22-7-4-12(5-8-22)3-6-21-27(18,23)24/h12-13,15-16,26H,6-11,14H2,1-5H3;9-12,21H,3-8H2,1-2H3,(H2,18,23,24). The average Bonchev–Trinajstić information content (AvgIpc) is 3.21. The van der Waals surface area contributed by atoms with Gasteiger partial charge in [0.1, 0.15) is 29.9 Å². The second-order valence-electron chi connectivity index (χ2n) is 16.0. The Morgan fingerprint density at radius 3 is 1.44 bits per heavy atom. The van der Waals surface area contributed by atoms with E-state index in [1.807, 2.05) is 24.3 Å². The first-order valence-corrected chi connectivity index (χ1v) is 23.3. The summed E-state index contributed by atoms with van der Waals surface area (Å²) in [6.07, 6.45) is 8.34. The number of nitrogens with two attached hydrogens (primary N) is 1. The summed E-state index contributed by atoms with van der Waals surface area (Å²) in [5, 5.41) is 6.78. The molecule has 0 bridgehead atoms. The van der Waals surface area contributed by atoms with Crippen LogP contribution in [0.4, 0.5) is 11.6 Å². The molecule has 2 aliphatic heterocycles. The molecule has 336 valence electrons. The minimum atomic E-state index is -3.72. The molecule has 2 aliphatic rings. The quantitative estimate of drug-likeness (QED) is 0.136. The van der Waals surface area contributed by atoms with Gasteiger partial charge in [0.15, 0.2) is 28.8 Å². The molecule has 0 atom stereocenters. The zero-order valence-electron chi connectivity index (χ0n) is 36.0. The highest BCUT2D eigenvalue weighted by atomic mass is 32.2. The second kappa shape index (κ2) is 20.8. The molecule has 0 spiro atoms. The zero-order chi connectivity index (χ0) is 44.4. The van der Waals surface area contributed by atoms with E-state index in [4.69, 9.17) is 28.8 Å². The van der Waals surface area contributed by atoms with Crippen LogP contribution in [0.15, 0.2) is 36.9 Å². The Balaban J connectivity index is 0.000000237. The van der Waals surface area contributed by atoms with Crippen molar-refractivity contribution in [2.45, 2.75) is 64.9 Å². The number of nitrogens with zero attached hydrogens (tertiary/aromatic N) is 6. The van der Waals surface area contributed by atoms with Gasteiger partial charge in [0.2, 0.25) is 10.0 Å². The Bertz CT molecular complexity index is 2330. The van der Waals surface area contributed by atoms with Crippen LogP contribution >= 0.6 is 0 Å². The Morgan fingerprint density at radius 2 is 1.07 bits per heavy atom. The molecule has 0 unspecified atom stereocenters. The molecule has 2 fully saturated rings. The van der Waals surface area contributed by atoms with Crippen molar-refractivity contribution in [1.82, 2.24) is 29.4 Å². The minimum absolute atomic E-state index is 0.295. The molecule has 0 aliphatic carbocycles. The van der Waals surface area contributed by atoms with E-state index in [2.05, 4.69) is 39.2 Å². The number of hydrogen-bond acceptors (Lipinski definition) is 16. The highest BCUT2D eigenvalue weighted by Gasteiger charge is 2.26. The van der Waals surface area contributed by atoms with Crippen LogP contribution in [0.1, 0.15) is 59.3 Å². The number of fused-ring (bicyclic) bond motifs is 2. The number of carbonyl (C=O) groups is 1. The number of piperidine rings is 2. The SMILES string of the molecule is COc1cc2ncnc(N3CCC(CCNS(=O)(=O)CC(=O)OC(C)(C)C)CC3)c2cc1OC.COc1cc2ncnc(N3CCC(CCNS(N)(=O)=O)CC3)c2cc1OC. The lowest BCUT2D eigenvalue weighted by atomic mass is 9.93. The fourth-order valence-electron chi connectivity index (χ4n) is 7.51. The smallest absolute Gasteiger partial charge is 0.323 e. The molecule has 2 aromatic heterocycles. The number of nitrogens with one attached hydrogen (secondary N) is 2. The molecule has 0 amide bonds. The number of methoxy groups -OCH3 is 4. The van der Waals surface area contributed by atoms with Crippen molar-refractivity contribution < 1.29 is 45.3 Å². The molecule has 21 heteroatoms. The molecular formula is C40H59N9O10S2. The van der Waals surface area contributed by atoms with Crippen molar-refractivity contribution in [2.24, 2.45) is 17.0 Å². The highest BCUT2D eigenvalue weighted by Crippen LogP contribution is 2.37. The van der Waals surface area contributed by atoms with Gasteiger partial charge in [-0.3, -0.25) is 4.79 Å². The van der Waals surface area contributed by atoms with E-state index in [1.165, 1.54) is 0 Å². The normalized spacial score (nSPS) is 15.6. The Hall–Kier alpha value is -4.83. The van der Waals surface area contributed by atoms with Crippen molar-refractivity contribution in [3.63, 3.8) is 0 Å². The third-order valence-electron chi connectivity index (χ3n) is 10.5. The Kier molecular flexibility index (Phi) is 16.1. The molecule has 19 nitrogen and oxygen atoms in total. The molecule has 4 heterocycles. The van der Waals surface area contributed by atoms with Gasteiger partial charge in [0, 0.05) is 62.2 Å². The van der Waals surface area contributed by atoms with Crippen molar-refractivity contribution in [1.29, 1.82) is 0 Å². The lowest BCUT2D eigenvalue weighted by Gasteiger charge is -2.33. The number of esters is 1. The monoisotopic (exact) mass is 889 g/mol. The maximum absolute atomic E-state index is 12.2. The maximum atomic E-state index is 12.2. The first-order chi connectivity index (χ1) is 28.9. The van der Waals surface area contributed by atoms with Gasteiger partial charge in [-0.1, -0.05) is 0 Å². The Labute approximate surface area is 358 Å². The maximum Gasteiger partial charge on any atom is 0.323 e. The van der Waals surface area contributed by atoms with E-state index in [0.29, 0.717) is 54.3 Å². The number of benzene rings is 2. The number of rotatable bonds is 16. The van der Waals surface area contributed by atoms with Crippen molar-refractivity contribution in [3.05, 3.63) is 36.9 Å². The number of sulfonamides is 1. The highest BCUT2D eigenvalue weighted by molar-refractivity contribution is 7.90. The van der Waals surface area contributed by atoms with E-state index in [-0.39, 0.29) is 0 Å². The number of hydrogen-bond donors (Lipinski definition) is 3. The largest absolute Gasteiger partial charge is 0.493 e. The lowest BCUT2D eigenvalue weighted by Crippen LogP contribution is -2.37. The number of ether oxygens (including phenoxy) is 5. The summed E-state index contributed by atoms with van der Waals surface area (Å²) in [5.41, 5.74) is 0.869. The van der Waals surface area contributed by atoms with Gasteiger partial charge in [0.05, 0.1) is 39.5 Å². The van der Waals surface area contributed by atoms with Crippen LogP contribution in [-0.4, -0.2) is 122 Å². The van der Waals surface area contributed by atoms with Crippen LogP contribution in [0.2, 0.25) is 0 Å². The molecule has 4 N–H and O–H groups in total. The topological polar surface area (TPSA) is 240 Å². The van der Waals surface area contributed by atoms with E-state index in [9.17, 15) is 21.6 Å². The fraction of sp³-hybridized carbons (Fsp3) is 0.575. The van der Waals surface area contributed by atoms with Crippen LogP contribution in [0, 0.1) is 11.8 Å². The van der Waals surface area contributed by atoms with Gasteiger partial charge in [-0.15, -0.1) is 0 Å². The average molecular weight is 890 g/mol. The summed E-state index contributed by atoms with van der Waals surface area (Å²) in [6.45, 7) is 9.07. The van der Waals surface area contributed by atoms with Gasteiger partial charge in [-0.2, -0.15) is 8.42 Å². The molecule has 61 heavy (non-hydrogen) atoms. The summed E-state index contributed by atoms with van der Waals surface area (Å²) in [5.74, 6) is 3.66. The summed E-state index contributed by atoms with van der Waals surface area (Å²) in [4.78, 5) is 34.0. The molecule has 6 rings (SSSR count). The first kappa shape index (κ1) is 47.2. The molecule has 4 aromatic rings. The van der Waals surface area contributed by atoms with Gasteiger partial charge >= 0.3 is 5.97 Å². The fourth-order valence-corrected chi connectivity index (χ4v) is 8.81. The third kappa shape index (κ3) is 13.6. The van der Waals surface area contributed by atoms with Crippen LogP contribution in [0.5, 0.6) is 23.0 Å². The number of anilines is 2. The number of carbonyl (C=O) groups excluding carboxylic acids is 1. The van der Waals surface area contributed by atoms with Crippen LogP contribution in [0.25, 0.3) is 21.8 Å². The van der Waals surface area contributed by atoms with E-state index >= 15 is 0 Å². The Morgan fingerprint density at radius 1 is 0.672 bits per heavy atom. The second-order valence-corrected chi connectivity index (χ2v) is 19.1. The van der Waals surface area contributed by atoms with Gasteiger partial charge in [0.25, 0.3) is 10.2 Å². The van der Waals surface area contributed by atoms with E-state index < -0.39 is 37.6 Å². The van der Waals surface area contributed by atoms with Gasteiger partial charge in [-0.05, 0) is 83.3 Å². The molecular weight excluding hydrogens is 831 g/mol. The third-order valence-corrected chi connectivity index (χ3v) is 12.4.